The van der Waals surface area contributed by atoms with Crippen molar-refractivity contribution in [2.24, 2.45) is 0 Å². The average Bonchev–Trinajstić information content (AvgIpc) is 2.73. The minimum atomic E-state index is -3.29. The first kappa shape index (κ1) is 14.0. The normalized spacial score (nSPS) is 22.1. The lowest BCUT2D eigenvalue weighted by Gasteiger charge is -2.25. The smallest absolute Gasteiger partial charge is 0.241 e. The lowest BCUT2D eigenvalue weighted by Crippen LogP contribution is -2.43. The highest BCUT2D eigenvalue weighted by Gasteiger charge is 2.36. The number of rotatable bonds is 3. The van der Waals surface area contributed by atoms with Gasteiger partial charge in [0, 0.05) is 7.05 Å². The van der Waals surface area contributed by atoms with Gasteiger partial charge >= 0.3 is 0 Å². The molecule has 1 amide bonds. The molecule has 1 saturated heterocycles. The summed E-state index contributed by atoms with van der Waals surface area (Å²) in [5.74, 6) is 0.904. The Labute approximate surface area is 112 Å². The van der Waals surface area contributed by atoms with E-state index in [2.05, 4.69) is 15.2 Å². The van der Waals surface area contributed by atoms with Gasteiger partial charge < -0.3 is 4.90 Å². The van der Waals surface area contributed by atoms with E-state index < -0.39 is 15.1 Å². The van der Waals surface area contributed by atoms with Crippen LogP contribution >= 0.6 is 0 Å². The Morgan fingerprint density at radius 3 is 2.79 bits per heavy atom. The van der Waals surface area contributed by atoms with Crippen LogP contribution in [0.5, 0.6) is 0 Å². The van der Waals surface area contributed by atoms with E-state index in [0.717, 1.165) is 6.42 Å². The Kier molecular flexibility index (Phi) is 3.88. The number of aromatic nitrogens is 3. The van der Waals surface area contributed by atoms with Crippen LogP contribution in [0.1, 0.15) is 30.9 Å². The third kappa shape index (κ3) is 3.12. The summed E-state index contributed by atoms with van der Waals surface area (Å²) >= 11 is 0. The molecule has 0 saturated carbocycles. The molecular weight excluding hydrogens is 268 g/mol. The average molecular weight is 286 g/mol. The highest BCUT2D eigenvalue weighted by Crippen LogP contribution is 2.21. The zero-order valence-electron chi connectivity index (χ0n) is 11.1. The van der Waals surface area contributed by atoms with Crippen LogP contribution in [-0.2, 0) is 21.2 Å². The fourth-order valence-electron chi connectivity index (χ4n) is 2.23. The van der Waals surface area contributed by atoms with Gasteiger partial charge in [-0.25, -0.2) is 13.4 Å². The summed E-state index contributed by atoms with van der Waals surface area (Å²) in [4.78, 5) is 17.7. The number of sulfone groups is 1. The van der Waals surface area contributed by atoms with Crippen LogP contribution < -0.4 is 0 Å². The van der Waals surface area contributed by atoms with Gasteiger partial charge in [0.1, 0.15) is 11.1 Å². The number of nitrogens with zero attached hydrogens (tertiary/aromatic N) is 3. The first-order valence-electron chi connectivity index (χ1n) is 6.24. The molecule has 1 fully saturated rings. The number of nitrogens with one attached hydrogen (secondary N) is 1. The van der Waals surface area contributed by atoms with E-state index >= 15 is 0 Å². The standard InChI is InChI=1S/C11H18N4O3S/c1-8-12-10(14-13-8)7-15(2)11(16)9-5-3-4-6-19(9,17)18/h9H,3-7H2,1-2H3,(H,12,13,14). The molecule has 1 aromatic rings. The van der Waals surface area contributed by atoms with Gasteiger partial charge in [0.2, 0.25) is 5.91 Å². The van der Waals surface area contributed by atoms with Crippen molar-refractivity contribution in [2.45, 2.75) is 38.0 Å². The zero-order valence-corrected chi connectivity index (χ0v) is 11.9. The Morgan fingerprint density at radius 1 is 1.47 bits per heavy atom. The Bertz CT molecular complexity index is 566. The van der Waals surface area contributed by atoms with E-state index in [1.54, 1.807) is 14.0 Å². The zero-order chi connectivity index (χ0) is 14.0. The summed E-state index contributed by atoms with van der Waals surface area (Å²) in [5, 5.41) is 5.73. The number of hydrogen-bond acceptors (Lipinski definition) is 5. The molecule has 1 aliphatic rings. The van der Waals surface area contributed by atoms with Gasteiger partial charge in [-0.1, -0.05) is 6.42 Å². The van der Waals surface area contributed by atoms with E-state index in [9.17, 15) is 13.2 Å². The molecule has 1 N–H and O–H groups in total. The lowest BCUT2D eigenvalue weighted by atomic mass is 10.1. The quantitative estimate of drug-likeness (QED) is 0.846. The van der Waals surface area contributed by atoms with Crippen molar-refractivity contribution in [3.63, 3.8) is 0 Å². The molecular formula is C11H18N4O3S. The topological polar surface area (TPSA) is 96.0 Å². The second-order valence-electron chi connectivity index (χ2n) is 4.88. The Hall–Kier alpha value is -1.44. The van der Waals surface area contributed by atoms with Gasteiger partial charge in [-0.05, 0) is 19.8 Å². The maximum absolute atomic E-state index is 12.2. The summed E-state index contributed by atoms with van der Waals surface area (Å²) in [7, 11) is -1.71. The van der Waals surface area contributed by atoms with Crippen molar-refractivity contribution in [2.75, 3.05) is 12.8 Å². The third-order valence-electron chi connectivity index (χ3n) is 3.25. The molecule has 1 atom stereocenters. The predicted molar refractivity (Wildman–Crippen MR) is 69.0 cm³/mol. The molecule has 0 radical (unpaired) electrons. The second kappa shape index (κ2) is 5.28. The molecule has 0 aliphatic carbocycles. The van der Waals surface area contributed by atoms with Crippen LogP contribution in [-0.4, -0.2) is 52.5 Å². The number of carbonyl (C=O) groups excluding carboxylic acids is 1. The van der Waals surface area contributed by atoms with Crippen molar-refractivity contribution in [3.05, 3.63) is 11.6 Å². The van der Waals surface area contributed by atoms with Crippen LogP contribution in [0.15, 0.2) is 0 Å². The van der Waals surface area contributed by atoms with E-state index in [4.69, 9.17) is 0 Å². The minimum Gasteiger partial charge on any atom is -0.337 e. The van der Waals surface area contributed by atoms with Crippen molar-refractivity contribution in [3.8, 4) is 0 Å². The van der Waals surface area contributed by atoms with Gasteiger partial charge in [0.05, 0.1) is 12.3 Å². The van der Waals surface area contributed by atoms with E-state index in [-0.39, 0.29) is 18.2 Å². The Balaban J connectivity index is 2.06. The van der Waals surface area contributed by atoms with Crippen LogP contribution in [0.2, 0.25) is 0 Å². The molecule has 7 nitrogen and oxygen atoms in total. The summed E-state index contributed by atoms with van der Waals surface area (Å²) < 4.78 is 23.8. The molecule has 106 valence electrons. The molecule has 1 aromatic heterocycles. The SMILES string of the molecule is Cc1nc(CN(C)C(=O)C2CCCCS2(=O)=O)n[nH]1. The molecule has 0 aromatic carbocycles. The molecule has 1 aliphatic heterocycles. The third-order valence-corrected chi connectivity index (χ3v) is 5.41. The number of amides is 1. The fourth-order valence-corrected chi connectivity index (χ4v) is 4.13. The summed E-state index contributed by atoms with van der Waals surface area (Å²) in [6.45, 7) is 1.99. The van der Waals surface area contributed by atoms with Crippen LogP contribution in [0.4, 0.5) is 0 Å². The first-order chi connectivity index (χ1) is 8.90. The number of aromatic amines is 1. The lowest BCUT2D eigenvalue weighted by molar-refractivity contribution is -0.130. The van der Waals surface area contributed by atoms with Gasteiger partial charge in [-0.2, -0.15) is 5.10 Å². The van der Waals surface area contributed by atoms with E-state index in [0.29, 0.717) is 24.5 Å². The highest BCUT2D eigenvalue weighted by molar-refractivity contribution is 7.92. The molecule has 8 heteroatoms. The summed E-state index contributed by atoms with van der Waals surface area (Å²) in [5.41, 5.74) is 0. The van der Waals surface area contributed by atoms with Crippen LogP contribution in [0.3, 0.4) is 0 Å². The Morgan fingerprint density at radius 2 is 2.21 bits per heavy atom. The number of H-pyrrole nitrogens is 1. The largest absolute Gasteiger partial charge is 0.337 e. The van der Waals surface area contributed by atoms with Crippen molar-refractivity contribution >= 4 is 15.7 Å². The number of aryl methyl sites for hydroxylation is 1. The van der Waals surface area contributed by atoms with Crippen LogP contribution in [0.25, 0.3) is 0 Å². The molecule has 19 heavy (non-hydrogen) atoms. The fraction of sp³-hybridized carbons (Fsp3) is 0.727. The highest BCUT2D eigenvalue weighted by atomic mass is 32.2. The predicted octanol–water partition coefficient (Wildman–Crippen LogP) is 0.0388. The summed E-state index contributed by atoms with van der Waals surface area (Å²) in [6, 6.07) is 0. The van der Waals surface area contributed by atoms with Gasteiger partial charge in [-0.3, -0.25) is 9.89 Å². The molecule has 2 heterocycles. The maximum atomic E-state index is 12.2. The van der Waals surface area contributed by atoms with Crippen LogP contribution in [0, 0.1) is 6.92 Å². The minimum absolute atomic E-state index is 0.108. The molecule has 0 bridgehead atoms. The number of carbonyl (C=O) groups is 1. The van der Waals surface area contributed by atoms with Gasteiger partial charge in [0.25, 0.3) is 0 Å². The summed E-state index contributed by atoms with van der Waals surface area (Å²) in [6.07, 6.45) is 1.84. The first-order valence-corrected chi connectivity index (χ1v) is 7.96. The van der Waals surface area contributed by atoms with Crippen molar-refractivity contribution in [1.82, 2.24) is 20.1 Å². The van der Waals surface area contributed by atoms with Gasteiger partial charge in [0.15, 0.2) is 15.7 Å². The second-order valence-corrected chi connectivity index (χ2v) is 7.19. The molecule has 2 rings (SSSR count). The monoisotopic (exact) mass is 286 g/mol. The van der Waals surface area contributed by atoms with E-state index in [1.165, 1.54) is 4.90 Å². The molecule has 1 unspecified atom stereocenters. The van der Waals surface area contributed by atoms with Crippen molar-refractivity contribution in [1.29, 1.82) is 0 Å². The molecule has 0 spiro atoms. The number of hydrogen-bond donors (Lipinski definition) is 1. The van der Waals surface area contributed by atoms with E-state index in [1.807, 2.05) is 0 Å². The van der Waals surface area contributed by atoms with Gasteiger partial charge in [-0.15, -0.1) is 0 Å². The van der Waals surface area contributed by atoms with Crippen molar-refractivity contribution < 1.29 is 13.2 Å². The maximum Gasteiger partial charge on any atom is 0.241 e.